The molecule has 2 bridgehead atoms. The third-order valence-corrected chi connectivity index (χ3v) is 4.40. The van der Waals surface area contributed by atoms with Crippen molar-refractivity contribution in [1.82, 2.24) is 10.8 Å². The SMILES string of the molecule is CC=C(NOC)C1=C(c2ccc(F)cc2)CC2CC(O)[C@@H]1N2. The van der Waals surface area contributed by atoms with Gasteiger partial charge in [0, 0.05) is 11.6 Å². The summed E-state index contributed by atoms with van der Waals surface area (Å²) in [6.07, 6.45) is 3.03. The number of hydroxylamine groups is 1. The third-order valence-electron chi connectivity index (χ3n) is 4.40. The van der Waals surface area contributed by atoms with Crippen LogP contribution in [-0.2, 0) is 4.84 Å². The van der Waals surface area contributed by atoms with Gasteiger partial charge in [0.05, 0.1) is 25.0 Å². The molecule has 0 amide bonds. The Kier molecular flexibility index (Phi) is 4.29. The highest BCUT2D eigenvalue weighted by Gasteiger charge is 2.41. The van der Waals surface area contributed by atoms with Crippen molar-refractivity contribution < 1.29 is 14.3 Å². The van der Waals surface area contributed by atoms with Crippen molar-refractivity contribution in [2.24, 2.45) is 0 Å². The van der Waals surface area contributed by atoms with Crippen molar-refractivity contribution >= 4 is 5.57 Å². The van der Waals surface area contributed by atoms with Gasteiger partial charge in [-0.05, 0) is 43.0 Å². The van der Waals surface area contributed by atoms with E-state index >= 15 is 0 Å². The van der Waals surface area contributed by atoms with Crippen LogP contribution in [0.15, 0.2) is 41.6 Å². The fourth-order valence-corrected chi connectivity index (χ4v) is 3.46. The Morgan fingerprint density at radius 2 is 2.14 bits per heavy atom. The Morgan fingerprint density at radius 3 is 2.77 bits per heavy atom. The van der Waals surface area contributed by atoms with Crippen molar-refractivity contribution in [1.29, 1.82) is 0 Å². The normalized spacial score (nSPS) is 28.2. The lowest BCUT2D eigenvalue weighted by Gasteiger charge is -2.30. The number of allylic oxidation sites excluding steroid dienone is 1. The Labute approximate surface area is 129 Å². The maximum atomic E-state index is 13.2. The van der Waals surface area contributed by atoms with E-state index in [4.69, 9.17) is 4.84 Å². The van der Waals surface area contributed by atoms with E-state index in [1.807, 2.05) is 13.0 Å². The van der Waals surface area contributed by atoms with Crippen LogP contribution >= 0.6 is 0 Å². The zero-order valence-corrected chi connectivity index (χ0v) is 12.8. The second-order valence-electron chi connectivity index (χ2n) is 5.76. The first kappa shape index (κ1) is 15.2. The lowest BCUT2D eigenvalue weighted by molar-refractivity contribution is 0.116. The Hall–Kier alpha value is -1.69. The Bertz CT molecular complexity index is 610. The van der Waals surface area contributed by atoms with E-state index in [2.05, 4.69) is 10.8 Å². The smallest absolute Gasteiger partial charge is 0.123 e. The van der Waals surface area contributed by atoms with Gasteiger partial charge in [0.1, 0.15) is 5.82 Å². The second-order valence-corrected chi connectivity index (χ2v) is 5.76. The van der Waals surface area contributed by atoms with Crippen molar-refractivity contribution in [3.63, 3.8) is 0 Å². The number of aliphatic hydroxyl groups is 1. The summed E-state index contributed by atoms with van der Waals surface area (Å²) >= 11 is 0. The quantitative estimate of drug-likeness (QED) is 0.746. The van der Waals surface area contributed by atoms with Crippen molar-refractivity contribution in [3.8, 4) is 0 Å². The second kappa shape index (κ2) is 6.20. The third kappa shape index (κ3) is 2.67. The van der Waals surface area contributed by atoms with Crippen molar-refractivity contribution in [2.45, 2.75) is 38.0 Å². The lowest BCUT2D eigenvalue weighted by atomic mass is 9.87. The largest absolute Gasteiger partial charge is 0.391 e. The standard InChI is InChI=1S/C17H21FN2O2/c1-3-14(20-22-2)16-13(10-4-6-11(18)7-5-10)8-12-9-15(21)17(16)19-12/h3-7,12,15,17,19-21H,8-9H2,1-2H3/t12?,15?,17-/m0/s1. The van der Waals surface area contributed by atoms with E-state index in [9.17, 15) is 9.50 Å². The molecule has 0 aromatic heterocycles. The fourth-order valence-electron chi connectivity index (χ4n) is 3.46. The van der Waals surface area contributed by atoms with E-state index in [1.165, 1.54) is 12.1 Å². The molecule has 3 N–H and O–H groups in total. The number of benzene rings is 1. The van der Waals surface area contributed by atoms with Crippen LogP contribution in [0.25, 0.3) is 5.57 Å². The first-order valence-corrected chi connectivity index (χ1v) is 7.52. The summed E-state index contributed by atoms with van der Waals surface area (Å²) in [5.41, 5.74) is 6.84. The minimum atomic E-state index is -0.424. The van der Waals surface area contributed by atoms with E-state index in [0.29, 0.717) is 0 Å². The molecule has 0 aliphatic carbocycles. The molecule has 0 spiro atoms. The average molecular weight is 304 g/mol. The minimum absolute atomic E-state index is 0.132. The molecule has 1 aromatic carbocycles. The van der Waals surface area contributed by atoms with Gasteiger partial charge < -0.3 is 10.4 Å². The van der Waals surface area contributed by atoms with Gasteiger partial charge in [-0.25, -0.2) is 4.39 Å². The van der Waals surface area contributed by atoms with Crippen molar-refractivity contribution in [3.05, 3.63) is 53.0 Å². The summed E-state index contributed by atoms with van der Waals surface area (Å²) in [7, 11) is 1.56. The van der Waals surface area contributed by atoms with E-state index in [1.54, 1.807) is 19.2 Å². The highest BCUT2D eigenvalue weighted by atomic mass is 19.1. The summed E-state index contributed by atoms with van der Waals surface area (Å²) in [6, 6.07) is 6.65. The number of aliphatic hydroxyl groups excluding tert-OH is 1. The highest BCUT2D eigenvalue weighted by molar-refractivity contribution is 5.75. The zero-order chi connectivity index (χ0) is 15.7. The van der Waals surface area contributed by atoms with Gasteiger partial charge in [-0.3, -0.25) is 10.3 Å². The summed E-state index contributed by atoms with van der Waals surface area (Å²) in [5.74, 6) is -0.246. The van der Waals surface area contributed by atoms with Crippen LogP contribution in [0.4, 0.5) is 4.39 Å². The molecule has 5 heteroatoms. The molecule has 2 heterocycles. The van der Waals surface area contributed by atoms with Crippen LogP contribution in [0, 0.1) is 5.82 Å². The minimum Gasteiger partial charge on any atom is -0.391 e. The Balaban J connectivity index is 2.10. The molecule has 4 nitrogen and oxygen atoms in total. The van der Waals surface area contributed by atoms with Crippen LogP contribution in [0.1, 0.15) is 25.3 Å². The van der Waals surface area contributed by atoms with Crippen LogP contribution < -0.4 is 10.8 Å². The molecule has 3 rings (SSSR count). The maximum Gasteiger partial charge on any atom is 0.123 e. The van der Waals surface area contributed by atoms with E-state index in [-0.39, 0.29) is 17.9 Å². The number of rotatable bonds is 4. The summed E-state index contributed by atoms with van der Waals surface area (Å²) in [6.45, 7) is 1.92. The van der Waals surface area contributed by atoms with Crippen molar-refractivity contribution in [2.75, 3.05) is 7.11 Å². The van der Waals surface area contributed by atoms with Crippen LogP contribution in [0.3, 0.4) is 0 Å². The molecular weight excluding hydrogens is 283 g/mol. The van der Waals surface area contributed by atoms with Gasteiger partial charge in [-0.1, -0.05) is 18.2 Å². The molecule has 3 atom stereocenters. The van der Waals surface area contributed by atoms with Gasteiger partial charge in [0.15, 0.2) is 0 Å². The summed E-state index contributed by atoms with van der Waals surface area (Å²) < 4.78 is 13.2. The lowest BCUT2D eigenvalue weighted by Crippen LogP contribution is -2.41. The van der Waals surface area contributed by atoms with Gasteiger partial charge in [0.25, 0.3) is 0 Å². The molecule has 0 radical (unpaired) electrons. The van der Waals surface area contributed by atoms with Gasteiger partial charge in [-0.15, -0.1) is 0 Å². The zero-order valence-electron chi connectivity index (χ0n) is 12.8. The number of nitrogens with one attached hydrogen (secondary N) is 2. The molecule has 2 unspecified atom stereocenters. The first-order valence-electron chi connectivity index (χ1n) is 7.52. The number of hydrogen-bond donors (Lipinski definition) is 3. The summed E-state index contributed by atoms with van der Waals surface area (Å²) in [5, 5.41) is 13.8. The average Bonchev–Trinajstić information content (AvgIpc) is 2.81. The first-order chi connectivity index (χ1) is 10.6. The van der Waals surface area contributed by atoms with Gasteiger partial charge in [-0.2, -0.15) is 0 Å². The molecule has 2 aliphatic heterocycles. The number of fused-ring (bicyclic) bond motifs is 2. The van der Waals surface area contributed by atoms with Crippen LogP contribution in [0.2, 0.25) is 0 Å². The molecule has 118 valence electrons. The molecule has 1 aromatic rings. The topological polar surface area (TPSA) is 53.5 Å². The number of halogens is 1. The monoisotopic (exact) mass is 304 g/mol. The molecule has 2 aliphatic rings. The predicted octanol–water partition coefficient (Wildman–Crippen LogP) is 2.13. The number of hydrogen-bond acceptors (Lipinski definition) is 4. The van der Waals surface area contributed by atoms with Crippen LogP contribution in [-0.4, -0.2) is 30.4 Å². The molecule has 1 fully saturated rings. The van der Waals surface area contributed by atoms with E-state index in [0.717, 1.165) is 35.2 Å². The summed E-state index contributed by atoms with van der Waals surface area (Å²) in [4.78, 5) is 5.07. The molecule has 1 saturated heterocycles. The molecular formula is C17H21FN2O2. The fraction of sp³-hybridized carbons (Fsp3) is 0.412. The predicted molar refractivity (Wildman–Crippen MR) is 83.2 cm³/mol. The van der Waals surface area contributed by atoms with Gasteiger partial charge in [0.2, 0.25) is 0 Å². The Morgan fingerprint density at radius 1 is 1.41 bits per heavy atom. The maximum absolute atomic E-state index is 13.2. The van der Waals surface area contributed by atoms with E-state index < -0.39 is 6.10 Å². The molecule has 0 saturated carbocycles. The highest BCUT2D eigenvalue weighted by Crippen LogP contribution is 2.39. The van der Waals surface area contributed by atoms with Gasteiger partial charge >= 0.3 is 0 Å². The molecule has 22 heavy (non-hydrogen) atoms. The van der Waals surface area contributed by atoms with Crippen LogP contribution in [0.5, 0.6) is 0 Å².